The molecule has 1 aromatic heterocycles. The predicted octanol–water partition coefficient (Wildman–Crippen LogP) is 1.64. The molecule has 1 aliphatic carbocycles. The molecular weight excluding hydrogens is 204 g/mol. The molecule has 2 rings (SSSR count). The fourth-order valence-corrected chi connectivity index (χ4v) is 1.78. The van der Waals surface area contributed by atoms with E-state index in [1.807, 2.05) is 6.92 Å². The first-order valence-corrected chi connectivity index (χ1v) is 5.58. The molecular formula is C12H16N2O2. The fourth-order valence-electron chi connectivity index (χ4n) is 1.78. The second-order valence-electron chi connectivity index (χ2n) is 4.32. The van der Waals surface area contributed by atoms with E-state index in [-0.39, 0.29) is 11.7 Å². The molecule has 16 heavy (non-hydrogen) atoms. The van der Waals surface area contributed by atoms with Crippen LogP contribution in [-0.4, -0.2) is 22.9 Å². The summed E-state index contributed by atoms with van der Waals surface area (Å²) in [7, 11) is 1.56. The van der Waals surface area contributed by atoms with Crippen molar-refractivity contribution in [2.75, 3.05) is 7.11 Å². The van der Waals surface area contributed by atoms with Crippen molar-refractivity contribution in [3.05, 3.63) is 18.1 Å². The molecule has 0 amide bonds. The van der Waals surface area contributed by atoms with Crippen molar-refractivity contribution in [2.45, 2.75) is 26.2 Å². The molecule has 0 spiro atoms. The van der Waals surface area contributed by atoms with Crippen molar-refractivity contribution in [3.63, 3.8) is 0 Å². The van der Waals surface area contributed by atoms with E-state index in [0.717, 1.165) is 5.69 Å². The van der Waals surface area contributed by atoms with Gasteiger partial charge in [-0.15, -0.1) is 0 Å². The number of carbonyl (C=O) groups excluding carboxylic acids is 1. The molecule has 0 aromatic carbocycles. The lowest BCUT2D eigenvalue weighted by atomic mass is 9.97. The van der Waals surface area contributed by atoms with Gasteiger partial charge in [0, 0.05) is 18.4 Å². The van der Waals surface area contributed by atoms with Crippen LogP contribution in [0.3, 0.4) is 0 Å². The average molecular weight is 220 g/mol. The smallest absolute Gasteiger partial charge is 0.216 e. The highest BCUT2D eigenvalue weighted by Gasteiger charge is 2.32. The number of ketones is 1. The van der Waals surface area contributed by atoms with E-state index in [1.165, 1.54) is 19.2 Å². The largest absolute Gasteiger partial charge is 0.481 e. The topological polar surface area (TPSA) is 52.1 Å². The summed E-state index contributed by atoms with van der Waals surface area (Å²) in [5.41, 5.74) is 0.740. The minimum Gasteiger partial charge on any atom is -0.481 e. The Hall–Kier alpha value is -1.45. The maximum atomic E-state index is 11.9. The molecule has 0 saturated heterocycles. The number of nitrogens with zero attached hydrogens (tertiary/aromatic N) is 2. The van der Waals surface area contributed by atoms with Gasteiger partial charge in [0.15, 0.2) is 0 Å². The third-order valence-corrected chi connectivity index (χ3v) is 3.10. The highest BCUT2D eigenvalue weighted by molar-refractivity contribution is 5.83. The summed E-state index contributed by atoms with van der Waals surface area (Å²) in [6.45, 7) is 2.01. The second-order valence-corrected chi connectivity index (χ2v) is 4.32. The molecule has 1 fully saturated rings. The van der Waals surface area contributed by atoms with Crippen LogP contribution in [0.2, 0.25) is 0 Å². The highest BCUT2D eigenvalue weighted by Crippen LogP contribution is 2.37. The first kappa shape index (κ1) is 11.0. The molecule has 1 atom stereocenters. The summed E-state index contributed by atoms with van der Waals surface area (Å²) in [5, 5.41) is 0. The Labute approximate surface area is 95.1 Å². The number of ether oxygens (including phenoxy) is 1. The van der Waals surface area contributed by atoms with Crippen LogP contribution in [0, 0.1) is 11.8 Å². The summed E-state index contributed by atoms with van der Waals surface area (Å²) in [6, 6.07) is 1.72. The van der Waals surface area contributed by atoms with Crippen LogP contribution in [-0.2, 0) is 11.2 Å². The van der Waals surface area contributed by atoms with Gasteiger partial charge in [0.2, 0.25) is 5.88 Å². The van der Waals surface area contributed by atoms with Crippen molar-refractivity contribution in [2.24, 2.45) is 11.8 Å². The zero-order valence-corrected chi connectivity index (χ0v) is 9.64. The number of hydrogen-bond donors (Lipinski definition) is 0. The molecule has 1 unspecified atom stereocenters. The van der Waals surface area contributed by atoms with Gasteiger partial charge in [0.1, 0.15) is 12.1 Å². The Morgan fingerprint density at radius 3 is 2.94 bits per heavy atom. The van der Waals surface area contributed by atoms with Crippen LogP contribution in [0.1, 0.15) is 25.5 Å². The van der Waals surface area contributed by atoms with E-state index in [0.29, 0.717) is 18.2 Å². The first-order chi connectivity index (χ1) is 7.70. The lowest BCUT2D eigenvalue weighted by Crippen LogP contribution is -2.16. The summed E-state index contributed by atoms with van der Waals surface area (Å²) in [6.07, 6.45) is 4.21. The van der Waals surface area contributed by atoms with E-state index in [9.17, 15) is 4.79 Å². The minimum absolute atomic E-state index is 0.168. The Bertz CT molecular complexity index is 388. The van der Waals surface area contributed by atoms with Gasteiger partial charge in [0.25, 0.3) is 0 Å². The van der Waals surface area contributed by atoms with Gasteiger partial charge < -0.3 is 4.74 Å². The number of carbonyl (C=O) groups is 1. The van der Waals surface area contributed by atoms with E-state index in [1.54, 1.807) is 13.2 Å². The Morgan fingerprint density at radius 2 is 2.31 bits per heavy atom. The molecule has 0 bridgehead atoms. The van der Waals surface area contributed by atoms with Crippen molar-refractivity contribution in [1.29, 1.82) is 0 Å². The molecule has 1 aromatic rings. The highest BCUT2D eigenvalue weighted by atomic mass is 16.5. The van der Waals surface area contributed by atoms with E-state index < -0.39 is 0 Å². The maximum absolute atomic E-state index is 11.9. The SMILES string of the molecule is COc1cc(CC(=O)C(C)C2CC2)ncn1. The minimum atomic E-state index is 0.168. The summed E-state index contributed by atoms with van der Waals surface area (Å²) < 4.78 is 4.99. The molecule has 0 radical (unpaired) electrons. The predicted molar refractivity (Wildman–Crippen MR) is 59.2 cm³/mol. The van der Waals surface area contributed by atoms with Gasteiger partial charge in [-0.2, -0.15) is 0 Å². The van der Waals surface area contributed by atoms with Gasteiger partial charge in [0.05, 0.1) is 12.8 Å². The summed E-state index contributed by atoms with van der Waals surface area (Å²) in [4.78, 5) is 19.9. The van der Waals surface area contributed by atoms with Gasteiger partial charge in [-0.25, -0.2) is 9.97 Å². The molecule has 1 heterocycles. The average Bonchev–Trinajstić information content (AvgIpc) is 3.12. The number of rotatable bonds is 5. The van der Waals surface area contributed by atoms with E-state index in [2.05, 4.69) is 9.97 Å². The molecule has 1 saturated carbocycles. The lowest BCUT2D eigenvalue weighted by Gasteiger charge is -2.08. The van der Waals surface area contributed by atoms with E-state index >= 15 is 0 Å². The monoisotopic (exact) mass is 220 g/mol. The normalized spacial score (nSPS) is 16.9. The Kier molecular flexibility index (Phi) is 3.17. The van der Waals surface area contributed by atoms with Crippen molar-refractivity contribution >= 4 is 5.78 Å². The van der Waals surface area contributed by atoms with Gasteiger partial charge in [-0.1, -0.05) is 6.92 Å². The first-order valence-electron chi connectivity index (χ1n) is 5.58. The van der Waals surface area contributed by atoms with Crippen LogP contribution < -0.4 is 4.74 Å². The fraction of sp³-hybridized carbons (Fsp3) is 0.583. The van der Waals surface area contributed by atoms with Crippen LogP contribution in [0.5, 0.6) is 5.88 Å². The van der Waals surface area contributed by atoms with Crippen LogP contribution >= 0.6 is 0 Å². The number of hydrogen-bond acceptors (Lipinski definition) is 4. The Balaban J connectivity index is 1.99. The quantitative estimate of drug-likeness (QED) is 0.757. The standard InChI is InChI=1S/C12H16N2O2/c1-8(9-3-4-9)11(15)5-10-6-12(16-2)14-7-13-10/h6-9H,3-5H2,1-2H3. The van der Waals surface area contributed by atoms with Crippen LogP contribution in [0.25, 0.3) is 0 Å². The molecule has 4 heteroatoms. The van der Waals surface area contributed by atoms with Gasteiger partial charge in [-0.05, 0) is 18.8 Å². The third kappa shape index (κ3) is 2.56. The van der Waals surface area contributed by atoms with Crippen molar-refractivity contribution < 1.29 is 9.53 Å². The molecule has 86 valence electrons. The molecule has 1 aliphatic rings. The van der Waals surface area contributed by atoms with Crippen molar-refractivity contribution in [3.8, 4) is 5.88 Å². The summed E-state index contributed by atoms with van der Waals surface area (Å²) >= 11 is 0. The van der Waals surface area contributed by atoms with Gasteiger partial charge >= 0.3 is 0 Å². The third-order valence-electron chi connectivity index (χ3n) is 3.10. The zero-order valence-electron chi connectivity index (χ0n) is 9.64. The number of aromatic nitrogens is 2. The number of Topliss-reactive ketones (excluding diaryl/α,β-unsaturated/α-hetero) is 1. The van der Waals surface area contributed by atoms with Gasteiger partial charge in [-0.3, -0.25) is 4.79 Å². The van der Waals surface area contributed by atoms with Crippen molar-refractivity contribution in [1.82, 2.24) is 9.97 Å². The molecule has 0 N–H and O–H groups in total. The summed E-state index contributed by atoms with van der Waals surface area (Å²) in [5.74, 6) is 1.55. The Morgan fingerprint density at radius 1 is 1.56 bits per heavy atom. The lowest BCUT2D eigenvalue weighted by molar-refractivity contribution is -0.122. The second kappa shape index (κ2) is 4.60. The molecule has 4 nitrogen and oxygen atoms in total. The van der Waals surface area contributed by atoms with Crippen LogP contribution in [0.4, 0.5) is 0 Å². The van der Waals surface area contributed by atoms with Crippen LogP contribution in [0.15, 0.2) is 12.4 Å². The maximum Gasteiger partial charge on any atom is 0.216 e. The molecule has 0 aliphatic heterocycles. The zero-order chi connectivity index (χ0) is 11.5. The number of methoxy groups -OCH3 is 1. The van der Waals surface area contributed by atoms with E-state index in [4.69, 9.17) is 4.74 Å².